The SMILES string of the molecule is CCCCCc1nc(CCC2CCCCC2)nn1Cc1ccc(-c2cccnc2-c2nn[nH]n2)cc1. The minimum absolute atomic E-state index is 0.495. The molecule has 1 N–H and O–H groups in total. The van der Waals surface area contributed by atoms with E-state index in [4.69, 9.17) is 10.1 Å². The van der Waals surface area contributed by atoms with E-state index in [9.17, 15) is 0 Å². The van der Waals surface area contributed by atoms with Crippen LogP contribution in [0, 0.1) is 5.92 Å². The van der Waals surface area contributed by atoms with Crippen molar-refractivity contribution in [1.29, 1.82) is 0 Å². The maximum absolute atomic E-state index is 4.99. The van der Waals surface area contributed by atoms with Gasteiger partial charge >= 0.3 is 0 Å². The van der Waals surface area contributed by atoms with Crippen LogP contribution in [0.3, 0.4) is 0 Å². The summed E-state index contributed by atoms with van der Waals surface area (Å²) in [7, 11) is 0. The third-order valence-corrected chi connectivity index (χ3v) is 7.26. The lowest BCUT2D eigenvalue weighted by Gasteiger charge is -2.20. The summed E-state index contributed by atoms with van der Waals surface area (Å²) >= 11 is 0. The zero-order valence-corrected chi connectivity index (χ0v) is 21.2. The molecular formula is C28H36N8. The van der Waals surface area contributed by atoms with Crippen molar-refractivity contribution < 1.29 is 0 Å². The third kappa shape index (κ3) is 6.04. The number of aromatic amines is 1. The molecule has 0 spiro atoms. The lowest BCUT2D eigenvalue weighted by molar-refractivity contribution is 0.337. The summed E-state index contributed by atoms with van der Waals surface area (Å²) in [4.78, 5) is 9.47. The average molecular weight is 485 g/mol. The number of hydrogen-bond donors (Lipinski definition) is 1. The Kier molecular flexibility index (Phi) is 8.10. The molecular weight excluding hydrogens is 448 g/mol. The van der Waals surface area contributed by atoms with E-state index in [2.05, 4.69) is 61.5 Å². The summed E-state index contributed by atoms with van der Waals surface area (Å²) in [5.74, 6) is 3.49. The van der Waals surface area contributed by atoms with E-state index >= 15 is 0 Å². The molecule has 0 aliphatic heterocycles. The largest absolute Gasteiger partial charge is 0.252 e. The van der Waals surface area contributed by atoms with Gasteiger partial charge in [-0.3, -0.25) is 4.98 Å². The fourth-order valence-corrected chi connectivity index (χ4v) is 5.23. The minimum atomic E-state index is 0.495. The molecule has 188 valence electrons. The molecule has 1 saturated carbocycles. The second-order valence-electron chi connectivity index (χ2n) is 9.93. The standard InChI is InChI=1S/C28H36N8/c1-2-3-5-12-26-30-25(18-15-21-9-6-4-7-10-21)33-36(26)20-22-13-16-23(17-14-22)24-11-8-19-29-27(24)28-31-34-35-32-28/h8,11,13-14,16-17,19,21H,2-7,9-10,12,15,18,20H2,1H3,(H,31,32,34,35). The summed E-state index contributed by atoms with van der Waals surface area (Å²) in [6.45, 7) is 2.98. The number of hydrogen-bond acceptors (Lipinski definition) is 6. The van der Waals surface area contributed by atoms with Crippen molar-refractivity contribution in [2.45, 2.75) is 84.1 Å². The molecule has 4 aromatic rings. The third-order valence-electron chi connectivity index (χ3n) is 7.26. The van der Waals surface area contributed by atoms with E-state index in [1.54, 1.807) is 6.20 Å². The summed E-state index contributed by atoms with van der Waals surface area (Å²) in [5, 5.41) is 19.4. The van der Waals surface area contributed by atoms with E-state index in [-0.39, 0.29) is 0 Å². The second kappa shape index (κ2) is 12.0. The maximum atomic E-state index is 4.99. The Hall–Kier alpha value is -3.42. The van der Waals surface area contributed by atoms with Gasteiger partial charge in [0.1, 0.15) is 11.5 Å². The first-order valence-corrected chi connectivity index (χ1v) is 13.5. The number of tetrazole rings is 1. The first-order chi connectivity index (χ1) is 17.8. The predicted octanol–water partition coefficient (Wildman–Crippen LogP) is 5.81. The van der Waals surface area contributed by atoms with Gasteiger partial charge in [-0.15, -0.1) is 10.2 Å². The Balaban J connectivity index is 1.31. The molecule has 36 heavy (non-hydrogen) atoms. The van der Waals surface area contributed by atoms with E-state index in [1.807, 2.05) is 12.1 Å². The first-order valence-electron chi connectivity index (χ1n) is 13.5. The van der Waals surface area contributed by atoms with Gasteiger partial charge in [0.05, 0.1) is 6.54 Å². The van der Waals surface area contributed by atoms with Crippen LogP contribution in [0.15, 0.2) is 42.6 Å². The second-order valence-corrected chi connectivity index (χ2v) is 9.93. The quantitative estimate of drug-likeness (QED) is 0.270. The number of nitrogens with one attached hydrogen (secondary N) is 1. The van der Waals surface area contributed by atoms with Gasteiger partial charge in [-0.1, -0.05) is 82.2 Å². The Labute approximate surface area is 213 Å². The molecule has 8 nitrogen and oxygen atoms in total. The van der Waals surface area contributed by atoms with Crippen LogP contribution >= 0.6 is 0 Å². The van der Waals surface area contributed by atoms with Gasteiger partial charge in [-0.25, -0.2) is 9.67 Å². The smallest absolute Gasteiger partial charge is 0.223 e. The van der Waals surface area contributed by atoms with Crippen molar-refractivity contribution in [1.82, 2.24) is 40.4 Å². The summed E-state index contributed by atoms with van der Waals surface area (Å²) < 4.78 is 2.13. The van der Waals surface area contributed by atoms with Crippen molar-refractivity contribution in [3.05, 3.63) is 59.8 Å². The Morgan fingerprint density at radius 2 is 1.86 bits per heavy atom. The number of aryl methyl sites for hydroxylation is 2. The van der Waals surface area contributed by atoms with Crippen molar-refractivity contribution in [2.24, 2.45) is 5.92 Å². The van der Waals surface area contributed by atoms with Crippen molar-refractivity contribution in [2.75, 3.05) is 0 Å². The Morgan fingerprint density at radius 1 is 1.00 bits per heavy atom. The lowest BCUT2D eigenvalue weighted by Crippen LogP contribution is -2.08. The zero-order chi connectivity index (χ0) is 24.6. The van der Waals surface area contributed by atoms with Crippen LogP contribution < -0.4 is 0 Å². The number of pyridine rings is 1. The number of nitrogens with zero attached hydrogens (tertiary/aromatic N) is 7. The molecule has 3 aromatic heterocycles. The van der Waals surface area contributed by atoms with Gasteiger partial charge in [0, 0.05) is 24.6 Å². The first kappa shape index (κ1) is 24.3. The Bertz CT molecular complexity index is 1210. The summed E-state index contributed by atoms with van der Waals surface area (Å²) in [6.07, 6.45) is 15.5. The molecule has 8 heteroatoms. The molecule has 0 saturated heterocycles. The highest BCUT2D eigenvalue weighted by Crippen LogP contribution is 2.29. The van der Waals surface area contributed by atoms with Gasteiger partial charge in [0.25, 0.3) is 0 Å². The van der Waals surface area contributed by atoms with Gasteiger partial charge in [0.15, 0.2) is 5.82 Å². The topological polar surface area (TPSA) is 98.1 Å². The molecule has 0 unspecified atom stereocenters. The molecule has 0 bridgehead atoms. The molecule has 0 radical (unpaired) electrons. The van der Waals surface area contributed by atoms with Crippen molar-refractivity contribution in [3.8, 4) is 22.6 Å². The molecule has 1 aliphatic carbocycles. The number of aromatic nitrogens is 8. The van der Waals surface area contributed by atoms with Gasteiger partial charge < -0.3 is 0 Å². The molecule has 1 aliphatic rings. The average Bonchev–Trinajstić information content (AvgIpc) is 3.59. The lowest BCUT2D eigenvalue weighted by atomic mass is 9.86. The number of unbranched alkanes of at least 4 members (excludes halogenated alkanes) is 2. The van der Waals surface area contributed by atoms with Gasteiger partial charge in [-0.05, 0) is 41.2 Å². The van der Waals surface area contributed by atoms with Crippen molar-refractivity contribution in [3.63, 3.8) is 0 Å². The number of rotatable bonds is 11. The molecule has 0 amide bonds. The highest BCUT2D eigenvalue weighted by Gasteiger charge is 2.17. The molecule has 0 atom stereocenters. The fourth-order valence-electron chi connectivity index (χ4n) is 5.23. The zero-order valence-electron chi connectivity index (χ0n) is 21.2. The van der Waals surface area contributed by atoms with Crippen LogP contribution in [0.2, 0.25) is 0 Å². The summed E-state index contributed by atoms with van der Waals surface area (Å²) in [5.41, 5.74) is 3.98. The minimum Gasteiger partial charge on any atom is -0.252 e. The van der Waals surface area contributed by atoms with Gasteiger partial charge in [0.2, 0.25) is 5.82 Å². The number of benzene rings is 1. The predicted molar refractivity (Wildman–Crippen MR) is 140 cm³/mol. The molecule has 3 heterocycles. The monoisotopic (exact) mass is 484 g/mol. The van der Waals surface area contributed by atoms with E-state index in [0.29, 0.717) is 5.82 Å². The highest BCUT2D eigenvalue weighted by molar-refractivity contribution is 5.77. The van der Waals surface area contributed by atoms with Gasteiger partial charge in [-0.2, -0.15) is 10.3 Å². The molecule has 1 fully saturated rings. The van der Waals surface area contributed by atoms with E-state index in [0.717, 1.165) is 60.2 Å². The van der Waals surface area contributed by atoms with E-state index in [1.165, 1.54) is 56.9 Å². The van der Waals surface area contributed by atoms with Crippen LogP contribution in [0.5, 0.6) is 0 Å². The highest BCUT2D eigenvalue weighted by atomic mass is 15.5. The fraction of sp³-hybridized carbons (Fsp3) is 0.500. The van der Waals surface area contributed by atoms with Crippen LogP contribution in [0.1, 0.15) is 81.9 Å². The maximum Gasteiger partial charge on any atom is 0.223 e. The molecule has 1 aromatic carbocycles. The van der Waals surface area contributed by atoms with Crippen molar-refractivity contribution >= 4 is 0 Å². The molecule has 5 rings (SSSR count). The number of H-pyrrole nitrogens is 1. The van der Waals surface area contributed by atoms with Crippen LogP contribution in [0.4, 0.5) is 0 Å². The van der Waals surface area contributed by atoms with Crippen LogP contribution in [0.25, 0.3) is 22.6 Å². The van der Waals surface area contributed by atoms with Crippen LogP contribution in [-0.2, 0) is 19.4 Å². The normalized spacial score (nSPS) is 14.4. The Morgan fingerprint density at radius 3 is 2.64 bits per heavy atom. The summed E-state index contributed by atoms with van der Waals surface area (Å²) in [6, 6.07) is 12.6. The van der Waals surface area contributed by atoms with E-state index < -0.39 is 0 Å². The van der Waals surface area contributed by atoms with Crippen LogP contribution in [-0.4, -0.2) is 40.4 Å².